The molecule has 3 atom stereocenters. The number of hydrogen-bond donors (Lipinski definition) is 4. The molecule has 1 aromatic carbocycles. The van der Waals surface area contributed by atoms with Gasteiger partial charge in [-0.2, -0.15) is 0 Å². The highest BCUT2D eigenvalue weighted by Gasteiger charge is 2.61. The molecule has 4 N–H and O–H groups in total. The molecule has 0 spiro atoms. The number of amides is 2. The molecule has 1 saturated carbocycles. The van der Waals surface area contributed by atoms with E-state index in [1.54, 1.807) is 0 Å². The molecule has 0 bridgehead atoms. The Labute approximate surface area is 166 Å². The summed E-state index contributed by atoms with van der Waals surface area (Å²) in [4.78, 5) is 23.7. The minimum absolute atomic E-state index is 0.0270. The van der Waals surface area contributed by atoms with Crippen LogP contribution in [0, 0.1) is 5.41 Å². The van der Waals surface area contributed by atoms with Gasteiger partial charge in [-0.3, -0.25) is 4.79 Å². The largest absolute Gasteiger partial charge is 0.481 e. The highest BCUT2D eigenvalue weighted by atomic mass is 16.5. The molecule has 28 heavy (non-hydrogen) atoms. The number of carboxylic acids is 1. The number of hydrogen-bond acceptors (Lipinski definition) is 4. The molecule has 1 aliphatic carbocycles. The van der Waals surface area contributed by atoms with Crippen LogP contribution in [0.4, 0.5) is 4.79 Å². The third-order valence-electron chi connectivity index (χ3n) is 5.93. The smallest absolute Gasteiger partial charge is 0.315 e. The van der Waals surface area contributed by atoms with Gasteiger partial charge in [0.15, 0.2) is 0 Å². The van der Waals surface area contributed by atoms with E-state index in [1.165, 1.54) is 0 Å². The number of aliphatic hydroxyl groups excluding tert-OH is 1. The van der Waals surface area contributed by atoms with Crippen LogP contribution in [-0.2, 0) is 16.0 Å². The highest BCUT2D eigenvalue weighted by Crippen LogP contribution is 2.51. The Morgan fingerprint density at radius 3 is 2.50 bits per heavy atom. The maximum atomic E-state index is 12.7. The number of urea groups is 1. The lowest BCUT2D eigenvalue weighted by Crippen LogP contribution is -2.75. The summed E-state index contributed by atoms with van der Waals surface area (Å²) in [5.41, 5.74) is -0.151. The molecular formula is C21H32N2O5. The normalized spacial score (nSPS) is 24.1. The Morgan fingerprint density at radius 2 is 1.96 bits per heavy atom. The molecule has 0 aliphatic heterocycles. The van der Waals surface area contributed by atoms with Crippen molar-refractivity contribution in [1.29, 1.82) is 0 Å². The molecular weight excluding hydrogens is 360 g/mol. The topological polar surface area (TPSA) is 108 Å². The first-order chi connectivity index (χ1) is 13.2. The Bertz CT molecular complexity index is 664. The van der Waals surface area contributed by atoms with E-state index >= 15 is 0 Å². The molecule has 156 valence electrons. The van der Waals surface area contributed by atoms with E-state index in [-0.39, 0.29) is 25.2 Å². The second-order valence-corrected chi connectivity index (χ2v) is 8.03. The zero-order valence-electron chi connectivity index (χ0n) is 16.9. The van der Waals surface area contributed by atoms with Gasteiger partial charge in [0, 0.05) is 30.9 Å². The quantitative estimate of drug-likeness (QED) is 0.489. The van der Waals surface area contributed by atoms with E-state index in [9.17, 15) is 14.7 Å². The first-order valence-corrected chi connectivity index (χ1v) is 9.81. The number of carbonyl (C=O) groups excluding carboxylic acids is 1. The molecule has 3 unspecified atom stereocenters. The van der Waals surface area contributed by atoms with Crippen LogP contribution in [0.5, 0.6) is 0 Å². The summed E-state index contributed by atoms with van der Waals surface area (Å²) in [6.07, 6.45) is 1.35. The van der Waals surface area contributed by atoms with Crippen molar-refractivity contribution < 1.29 is 24.5 Å². The van der Waals surface area contributed by atoms with Gasteiger partial charge in [-0.05, 0) is 25.3 Å². The first-order valence-electron chi connectivity index (χ1n) is 9.81. The van der Waals surface area contributed by atoms with Gasteiger partial charge in [0.2, 0.25) is 0 Å². The fraction of sp³-hybridized carbons (Fsp3) is 0.619. The van der Waals surface area contributed by atoms with Crippen LogP contribution in [0.15, 0.2) is 30.3 Å². The van der Waals surface area contributed by atoms with Gasteiger partial charge < -0.3 is 25.6 Å². The van der Waals surface area contributed by atoms with Crippen molar-refractivity contribution in [1.82, 2.24) is 10.6 Å². The van der Waals surface area contributed by atoms with Crippen molar-refractivity contribution in [3.63, 3.8) is 0 Å². The molecule has 0 heterocycles. The van der Waals surface area contributed by atoms with Crippen molar-refractivity contribution in [2.24, 2.45) is 5.41 Å². The summed E-state index contributed by atoms with van der Waals surface area (Å²) >= 11 is 0. The van der Waals surface area contributed by atoms with Crippen LogP contribution in [0.1, 0.15) is 45.6 Å². The molecule has 2 amide bonds. The van der Waals surface area contributed by atoms with Gasteiger partial charge in [-0.1, -0.05) is 44.2 Å². The fourth-order valence-corrected chi connectivity index (χ4v) is 3.86. The van der Waals surface area contributed by atoms with Crippen molar-refractivity contribution in [3.05, 3.63) is 35.9 Å². The Kier molecular flexibility index (Phi) is 7.43. The van der Waals surface area contributed by atoms with E-state index in [0.717, 1.165) is 5.56 Å². The number of ether oxygens (including phenoxy) is 1. The fourth-order valence-electron chi connectivity index (χ4n) is 3.86. The third kappa shape index (κ3) is 5.02. The number of benzene rings is 1. The predicted molar refractivity (Wildman–Crippen MR) is 106 cm³/mol. The van der Waals surface area contributed by atoms with Crippen LogP contribution in [0.3, 0.4) is 0 Å². The van der Waals surface area contributed by atoms with E-state index in [4.69, 9.17) is 9.84 Å². The maximum Gasteiger partial charge on any atom is 0.315 e. The lowest BCUT2D eigenvalue weighted by atomic mass is 9.54. The van der Waals surface area contributed by atoms with Crippen LogP contribution >= 0.6 is 0 Å². The van der Waals surface area contributed by atoms with Crippen molar-refractivity contribution >= 4 is 12.0 Å². The average molecular weight is 392 g/mol. The number of rotatable bonds is 10. The summed E-state index contributed by atoms with van der Waals surface area (Å²) < 4.78 is 5.71. The minimum Gasteiger partial charge on any atom is -0.481 e. The predicted octanol–water partition coefficient (Wildman–Crippen LogP) is 2.33. The van der Waals surface area contributed by atoms with Gasteiger partial charge in [0.25, 0.3) is 0 Å². The Hall–Kier alpha value is -2.12. The third-order valence-corrected chi connectivity index (χ3v) is 5.93. The molecule has 1 aromatic rings. The molecule has 2 rings (SSSR count). The van der Waals surface area contributed by atoms with Crippen LogP contribution in [0.2, 0.25) is 0 Å². The molecule has 7 heteroatoms. The molecule has 0 saturated heterocycles. The lowest BCUT2D eigenvalue weighted by Gasteiger charge is -2.60. The van der Waals surface area contributed by atoms with Crippen LogP contribution in [-0.4, -0.2) is 53.1 Å². The maximum absolute atomic E-state index is 12.7. The number of carbonyl (C=O) groups is 2. The zero-order chi connectivity index (χ0) is 20.8. The second-order valence-electron chi connectivity index (χ2n) is 8.03. The summed E-state index contributed by atoms with van der Waals surface area (Å²) in [7, 11) is 0. The van der Waals surface area contributed by atoms with Gasteiger partial charge in [-0.25, -0.2) is 4.79 Å². The number of nitrogens with one attached hydrogen (secondary N) is 2. The summed E-state index contributed by atoms with van der Waals surface area (Å²) in [6, 6.07) is 8.91. The SMILES string of the molecule is CCOC1CC(CO)(NC(=O)NC(CCC(=O)O)Cc2ccccc2)C1(C)C. The van der Waals surface area contributed by atoms with E-state index in [2.05, 4.69) is 10.6 Å². The van der Waals surface area contributed by atoms with E-state index in [1.807, 2.05) is 51.1 Å². The summed E-state index contributed by atoms with van der Waals surface area (Å²) in [5, 5.41) is 24.8. The molecule has 1 aliphatic rings. The minimum atomic E-state index is -0.896. The monoisotopic (exact) mass is 392 g/mol. The van der Waals surface area contributed by atoms with E-state index < -0.39 is 23.0 Å². The van der Waals surface area contributed by atoms with Gasteiger partial charge in [0.05, 0.1) is 18.2 Å². The van der Waals surface area contributed by atoms with Crippen molar-refractivity contribution in [2.45, 2.75) is 64.1 Å². The van der Waals surface area contributed by atoms with Crippen LogP contribution in [0.25, 0.3) is 0 Å². The lowest BCUT2D eigenvalue weighted by molar-refractivity contribution is -0.172. The van der Waals surface area contributed by atoms with Gasteiger partial charge >= 0.3 is 12.0 Å². The summed E-state index contributed by atoms with van der Waals surface area (Å²) in [6.45, 7) is 6.26. The zero-order valence-corrected chi connectivity index (χ0v) is 16.9. The van der Waals surface area contributed by atoms with Crippen LogP contribution < -0.4 is 10.6 Å². The molecule has 0 radical (unpaired) electrons. The highest BCUT2D eigenvalue weighted by molar-refractivity contribution is 5.76. The van der Waals surface area contributed by atoms with E-state index in [0.29, 0.717) is 25.9 Å². The van der Waals surface area contributed by atoms with Gasteiger partial charge in [0.1, 0.15) is 0 Å². The summed E-state index contributed by atoms with van der Waals surface area (Å²) in [5.74, 6) is -0.896. The molecule has 0 aromatic heterocycles. The molecule has 1 fully saturated rings. The standard InChI is InChI=1S/C21H32N2O5/c1-4-28-17-13-21(14-24,20(17,2)3)23-19(27)22-16(10-11-18(25)26)12-15-8-6-5-7-9-15/h5-9,16-17,24H,4,10-14H2,1-3H3,(H,25,26)(H2,22,23,27). The molecule has 7 nitrogen and oxygen atoms in total. The number of aliphatic hydroxyl groups is 1. The first kappa shape index (κ1) is 22.2. The second kappa shape index (κ2) is 9.39. The average Bonchev–Trinajstić information content (AvgIpc) is 2.65. The van der Waals surface area contributed by atoms with Crippen molar-refractivity contribution in [3.8, 4) is 0 Å². The van der Waals surface area contributed by atoms with Crippen molar-refractivity contribution in [2.75, 3.05) is 13.2 Å². The Morgan fingerprint density at radius 1 is 1.29 bits per heavy atom. The Balaban J connectivity index is 2.02. The number of aliphatic carboxylic acids is 1. The number of carboxylic acid groups (broad SMARTS) is 1. The van der Waals surface area contributed by atoms with Gasteiger partial charge in [-0.15, -0.1) is 0 Å².